The van der Waals surface area contributed by atoms with Crippen molar-refractivity contribution in [1.82, 2.24) is 0 Å². The number of rotatable bonds is 0. The van der Waals surface area contributed by atoms with E-state index in [4.69, 9.17) is 4.74 Å². The van der Waals surface area contributed by atoms with E-state index in [9.17, 15) is 20.4 Å². The molecule has 2 saturated heterocycles. The lowest BCUT2D eigenvalue weighted by Gasteiger charge is -2.74. The summed E-state index contributed by atoms with van der Waals surface area (Å²) >= 11 is 0. The molecule has 140 valence electrons. The molecule has 9 atom stereocenters. The van der Waals surface area contributed by atoms with E-state index < -0.39 is 29.5 Å². The molecule has 4 aliphatic carbocycles. The normalized spacial score (nSPS) is 61.8. The molecule has 0 aromatic rings. The van der Waals surface area contributed by atoms with E-state index >= 15 is 0 Å². The van der Waals surface area contributed by atoms with Crippen LogP contribution in [0, 0.1) is 34.0 Å². The largest absolute Gasteiger partial charge is 0.392 e. The van der Waals surface area contributed by atoms with Gasteiger partial charge in [-0.15, -0.1) is 0 Å². The molecule has 5 nitrogen and oxygen atoms in total. The predicted octanol–water partition coefficient (Wildman–Crippen LogP) is 1.20. The van der Waals surface area contributed by atoms with Gasteiger partial charge < -0.3 is 25.2 Å². The summed E-state index contributed by atoms with van der Waals surface area (Å²) in [5.41, 5.74) is -0.771. The van der Waals surface area contributed by atoms with Gasteiger partial charge in [0.05, 0.1) is 24.2 Å². The lowest BCUT2D eigenvalue weighted by atomic mass is 9.36. The number of fused-ring (bicyclic) bond motifs is 2. The van der Waals surface area contributed by atoms with Gasteiger partial charge in [-0.3, -0.25) is 0 Å². The monoisotopic (exact) mass is 350 g/mol. The Bertz CT molecular complexity index is 646. The molecule has 5 heteroatoms. The van der Waals surface area contributed by atoms with E-state index in [1.807, 2.05) is 0 Å². The first-order valence-electron chi connectivity index (χ1n) is 9.71. The van der Waals surface area contributed by atoms with Crippen LogP contribution in [0.1, 0.15) is 46.0 Å². The maximum absolute atomic E-state index is 11.6. The first kappa shape index (κ1) is 16.7. The minimum Gasteiger partial charge on any atom is -0.392 e. The van der Waals surface area contributed by atoms with Crippen LogP contribution >= 0.6 is 0 Å². The van der Waals surface area contributed by atoms with Gasteiger partial charge in [-0.25, -0.2) is 0 Å². The van der Waals surface area contributed by atoms with E-state index in [1.54, 1.807) is 0 Å². The van der Waals surface area contributed by atoms with Crippen LogP contribution < -0.4 is 0 Å². The lowest BCUT2D eigenvalue weighted by Crippen LogP contribution is -2.82. The molecule has 0 unspecified atom stereocenters. The third kappa shape index (κ3) is 1.53. The average molecular weight is 350 g/mol. The standard InChI is InChI=1S/C20H30O5/c1-10-11-8-19(15(10)22)13(7-12(11)21)18-6-4-5-17(2,3)14(18)16(23)20(19,24)25-9-18/h11-16,21-24H,1,4-9H2,2-3H3/t11-,12-,13+,14-,15-,16+,18-,19+,20-/m1/s1. The van der Waals surface area contributed by atoms with Crippen molar-refractivity contribution in [2.45, 2.75) is 70.1 Å². The van der Waals surface area contributed by atoms with Crippen LogP contribution in [0.2, 0.25) is 0 Å². The van der Waals surface area contributed by atoms with Crippen LogP contribution in [0.3, 0.4) is 0 Å². The van der Waals surface area contributed by atoms with Crippen LogP contribution in [0.25, 0.3) is 0 Å². The topological polar surface area (TPSA) is 90.2 Å². The fourth-order valence-corrected chi connectivity index (χ4v) is 8.13. The van der Waals surface area contributed by atoms with Crippen LogP contribution in [0.15, 0.2) is 12.2 Å². The minimum absolute atomic E-state index is 0.0628. The SMILES string of the molecule is C=C1[C@H]2C[C@@]3([C@@H]1O)[C@@H](C[C@H]2O)[C@]12CCCC(C)(C)[C@H]1[C@H](O)[C@@]3(O)OC2. The molecule has 6 aliphatic rings. The van der Waals surface area contributed by atoms with E-state index in [0.29, 0.717) is 25.0 Å². The van der Waals surface area contributed by atoms with Crippen LogP contribution in [0.5, 0.6) is 0 Å². The van der Waals surface area contributed by atoms with Crippen LogP contribution in [-0.4, -0.2) is 51.1 Å². The van der Waals surface area contributed by atoms with E-state index in [2.05, 4.69) is 20.4 Å². The van der Waals surface area contributed by atoms with Gasteiger partial charge in [0.25, 0.3) is 0 Å². The smallest absolute Gasteiger partial charge is 0.201 e. The highest BCUT2D eigenvalue weighted by Crippen LogP contribution is 2.77. The van der Waals surface area contributed by atoms with Gasteiger partial charge in [-0.1, -0.05) is 26.8 Å². The lowest BCUT2D eigenvalue weighted by molar-refractivity contribution is -0.458. The van der Waals surface area contributed by atoms with Gasteiger partial charge in [0.15, 0.2) is 0 Å². The third-order valence-electron chi connectivity index (χ3n) is 9.00. The molecule has 4 saturated carbocycles. The van der Waals surface area contributed by atoms with Crippen LogP contribution in [0.4, 0.5) is 0 Å². The summed E-state index contributed by atoms with van der Waals surface area (Å²) in [5, 5.41) is 44.9. The Labute approximate surface area is 148 Å². The summed E-state index contributed by atoms with van der Waals surface area (Å²) in [4.78, 5) is 0. The molecule has 0 aromatic carbocycles. The molecule has 0 radical (unpaired) electrons. The number of aliphatic hydroxyl groups excluding tert-OH is 3. The summed E-state index contributed by atoms with van der Waals surface area (Å²) in [5.74, 6) is -2.15. The van der Waals surface area contributed by atoms with Crippen molar-refractivity contribution in [3.8, 4) is 0 Å². The summed E-state index contributed by atoms with van der Waals surface area (Å²) in [6.07, 6.45) is 1.45. The number of hydrogen-bond donors (Lipinski definition) is 4. The van der Waals surface area contributed by atoms with Crippen molar-refractivity contribution in [3.63, 3.8) is 0 Å². The van der Waals surface area contributed by atoms with Crippen molar-refractivity contribution in [1.29, 1.82) is 0 Å². The Morgan fingerprint density at radius 2 is 1.88 bits per heavy atom. The van der Waals surface area contributed by atoms with Gasteiger partial charge in [-0.2, -0.15) is 0 Å². The first-order chi connectivity index (χ1) is 11.6. The van der Waals surface area contributed by atoms with Gasteiger partial charge in [0.1, 0.15) is 6.10 Å². The number of hydrogen-bond acceptors (Lipinski definition) is 5. The maximum atomic E-state index is 11.6. The van der Waals surface area contributed by atoms with Crippen molar-refractivity contribution >= 4 is 0 Å². The predicted molar refractivity (Wildman–Crippen MR) is 90.3 cm³/mol. The summed E-state index contributed by atoms with van der Waals surface area (Å²) in [7, 11) is 0. The summed E-state index contributed by atoms with van der Waals surface area (Å²) < 4.78 is 6.00. The Kier molecular flexibility index (Phi) is 3.01. The molecule has 0 amide bonds. The molecule has 6 fully saturated rings. The molecule has 2 heterocycles. The highest BCUT2D eigenvalue weighted by atomic mass is 16.6. The fraction of sp³-hybridized carbons (Fsp3) is 0.900. The van der Waals surface area contributed by atoms with E-state index in [0.717, 1.165) is 19.3 Å². The second-order valence-corrected chi connectivity index (χ2v) is 10.2. The summed E-state index contributed by atoms with van der Waals surface area (Å²) in [6.45, 7) is 8.77. The zero-order valence-electron chi connectivity index (χ0n) is 15.1. The zero-order valence-corrected chi connectivity index (χ0v) is 15.1. The number of ether oxygens (including phenoxy) is 1. The molecular formula is C20H30O5. The second kappa shape index (κ2) is 4.50. The Morgan fingerprint density at radius 1 is 1.16 bits per heavy atom. The Morgan fingerprint density at radius 3 is 2.60 bits per heavy atom. The quantitative estimate of drug-likeness (QED) is 0.493. The molecule has 2 spiro atoms. The van der Waals surface area contributed by atoms with Crippen LogP contribution in [-0.2, 0) is 4.74 Å². The van der Waals surface area contributed by atoms with Gasteiger partial charge in [0, 0.05) is 17.3 Å². The Balaban J connectivity index is 1.75. The molecule has 25 heavy (non-hydrogen) atoms. The number of aliphatic hydroxyl groups is 4. The van der Waals surface area contributed by atoms with Gasteiger partial charge in [0.2, 0.25) is 5.79 Å². The van der Waals surface area contributed by atoms with Gasteiger partial charge in [-0.05, 0) is 42.6 Å². The molecule has 4 bridgehead atoms. The summed E-state index contributed by atoms with van der Waals surface area (Å²) in [6, 6.07) is 0. The fourth-order valence-electron chi connectivity index (χ4n) is 8.13. The Hall–Kier alpha value is -0.460. The third-order valence-corrected chi connectivity index (χ3v) is 9.00. The zero-order chi connectivity index (χ0) is 18.0. The van der Waals surface area contributed by atoms with Gasteiger partial charge >= 0.3 is 0 Å². The minimum atomic E-state index is -1.77. The maximum Gasteiger partial charge on any atom is 0.201 e. The first-order valence-corrected chi connectivity index (χ1v) is 9.71. The van der Waals surface area contributed by atoms with Crippen molar-refractivity contribution in [2.24, 2.45) is 34.0 Å². The van der Waals surface area contributed by atoms with Crippen molar-refractivity contribution in [3.05, 3.63) is 12.2 Å². The highest BCUT2D eigenvalue weighted by molar-refractivity contribution is 5.35. The van der Waals surface area contributed by atoms with Crippen molar-refractivity contribution in [2.75, 3.05) is 6.61 Å². The van der Waals surface area contributed by atoms with Crippen molar-refractivity contribution < 1.29 is 25.2 Å². The highest BCUT2D eigenvalue weighted by Gasteiger charge is 2.83. The molecule has 2 aliphatic heterocycles. The molecule has 4 N–H and O–H groups in total. The van der Waals surface area contributed by atoms with E-state index in [1.165, 1.54) is 0 Å². The van der Waals surface area contributed by atoms with E-state index in [-0.39, 0.29) is 28.6 Å². The average Bonchev–Trinajstić information content (AvgIpc) is 2.76. The second-order valence-electron chi connectivity index (χ2n) is 10.2. The molecule has 6 rings (SSSR count). The molecule has 0 aromatic heterocycles. The molecular weight excluding hydrogens is 320 g/mol.